The molecule has 154 valence electrons. The summed E-state index contributed by atoms with van der Waals surface area (Å²) in [5, 5.41) is 8.72. The van der Waals surface area contributed by atoms with E-state index in [2.05, 4.69) is 32.0 Å². The Hall–Kier alpha value is -3.27. The summed E-state index contributed by atoms with van der Waals surface area (Å²) in [6, 6.07) is 2.58. The molecule has 1 atom stereocenters. The number of pyridine rings is 1. The Morgan fingerprint density at radius 3 is 2.90 bits per heavy atom. The van der Waals surface area contributed by atoms with E-state index in [1.54, 1.807) is 6.20 Å². The number of halogens is 1. The molecule has 0 aliphatic carbocycles. The topological polar surface area (TPSA) is 98.9 Å². The standard InChI is InChI=1S/C20H20FN7O2/c1-3-20-11-30-7-6-27(20)18-15(28-12(2)25-26-19(20)28)10-23-17(24-18)8-16(29)14-5-4-13(21)9-22-14/h4-5,9-10H,3,6-8,11H2,1-2H3. The van der Waals surface area contributed by atoms with Gasteiger partial charge in [0.25, 0.3) is 0 Å². The quantitative estimate of drug-likeness (QED) is 0.602. The Morgan fingerprint density at radius 2 is 2.13 bits per heavy atom. The highest BCUT2D eigenvalue weighted by Gasteiger charge is 2.49. The van der Waals surface area contributed by atoms with Gasteiger partial charge in [-0.15, -0.1) is 10.2 Å². The number of rotatable bonds is 4. The van der Waals surface area contributed by atoms with Crippen molar-refractivity contribution in [1.82, 2.24) is 29.7 Å². The molecule has 10 heteroatoms. The van der Waals surface area contributed by atoms with Gasteiger partial charge >= 0.3 is 0 Å². The molecule has 2 aliphatic rings. The first kappa shape index (κ1) is 18.7. The predicted molar refractivity (Wildman–Crippen MR) is 104 cm³/mol. The van der Waals surface area contributed by atoms with E-state index in [9.17, 15) is 9.18 Å². The van der Waals surface area contributed by atoms with Gasteiger partial charge in [-0.1, -0.05) is 6.92 Å². The lowest BCUT2D eigenvalue weighted by Gasteiger charge is -2.49. The summed E-state index contributed by atoms with van der Waals surface area (Å²) in [5.74, 6) is 1.93. The molecule has 0 amide bonds. The predicted octanol–water partition coefficient (Wildman–Crippen LogP) is 1.78. The molecule has 5 heterocycles. The van der Waals surface area contributed by atoms with Crippen LogP contribution in [0.15, 0.2) is 24.5 Å². The molecule has 3 aromatic rings. The molecular weight excluding hydrogens is 389 g/mol. The van der Waals surface area contributed by atoms with Gasteiger partial charge in [0.2, 0.25) is 0 Å². The average molecular weight is 409 g/mol. The van der Waals surface area contributed by atoms with Gasteiger partial charge in [-0.2, -0.15) is 0 Å². The number of ketones is 1. The van der Waals surface area contributed by atoms with Gasteiger partial charge in [0, 0.05) is 6.54 Å². The Balaban J connectivity index is 1.57. The highest BCUT2D eigenvalue weighted by Crippen LogP contribution is 2.44. The van der Waals surface area contributed by atoms with Crippen molar-refractivity contribution in [3.63, 3.8) is 0 Å². The maximum Gasteiger partial charge on any atom is 0.188 e. The average Bonchev–Trinajstić information content (AvgIpc) is 3.16. The maximum atomic E-state index is 13.1. The van der Waals surface area contributed by atoms with E-state index in [-0.39, 0.29) is 17.9 Å². The smallest absolute Gasteiger partial charge is 0.188 e. The molecule has 0 aromatic carbocycles. The minimum Gasteiger partial charge on any atom is -0.377 e. The van der Waals surface area contributed by atoms with Crippen molar-refractivity contribution >= 4 is 11.6 Å². The van der Waals surface area contributed by atoms with Gasteiger partial charge in [-0.3, -0.25) is 14.3 Å². The highest BCUT2D eigenvalue weighted by molar-refractivity contribution is 5.95. The van der Waals surface area contributed by atoms with E-state index in [1.807, 2.05) is 11.5 Å². The van der Waals surface area contributed by atoms with E-state index in [1.165, 1.54) is 12.1 Å². The van der Waals surface area contributed by atoms with Crippen molar-refractivity contribution in [1.29, 1.82) is 0 Å². The van der Waals surface area contributed by atoms with Gasteiger partial charge in [0.1, 0.15) is 34.4 Å². The molecule has 0 N–H and O–H groups in total. The third kappa shape index (κ3) is 2.71. The lowest BCUT2D eigenvalue weighted by Crippen LogP contribution is -2.58. The molecule has 0 radical (unpaired) electrons. The third-order valence-corrected chi connectivity index (χ3v) is 5.77. The minimum absolute atomic E-state index is 0.0244. The molecular formula is C20H20FN7O2. The van der Waals surface area contributed by atoms with Crippen LogP contribution in [0.2, 0.25) is 0 Å². The van der Waals surface area contributed by atoms with Crippen LogP contribution in [0.3, 0.4) is 0 Å². The first-order chi connectivity index (χ1) is 14.5. The molecule has 30 heavy (non-hydrogen) atoms. The van der Waals surface area contributed by atoms with Crippen LogP contribution in [-0.4, -0.2) is 55.3 Å². The van der Waals surface area contributed by atoms with Crippen LogP contribution in [0.1, 0.15) is 41.3 Å². The van der Waals surface area contributed by atoms with Crippen LogP contribution in [0.5, 0.6) is 0 Å². The monoisotopic (exact) mass is 409 g/mol. The van der Waals surface area contributed by atoms with Crippen molar-refractivity contribution in [2.24, 2.45) is 0 Å². The minimum atomic E-state index is -0.486. The first-order valence-corrected chi connectivity index (χ1v) is 9.82. The van der Waals surface area contributed by atoms with Gasteiger partial charge in [0.05, 0.1) is 32.0 Å². The molecule has 9 nitrogen and oxygen atoms in total. The summed E-state index contributed by atoms with van der Waals surface area (Å²) in [7, 11) is 0. The Bertz CT molecular complexity index is 1130. The number of carbonyl (C=O) groups is 1. The second-order valence-corrected chi connectivity index (χ2v) is 7.45. The Labute approximate surface area is 172 Å². The summed E-state index contributed by atoms with van der Waals surface area (Å²) in [4.78, 5) is 27.8. The van der Waals surface area contributed by atoms with Gasteiger partial charge in [-0.25, -0.2) is 14.4 Å². The number of hydrogen-bond acceptors (Lipinski definition) is 8. The normalized spacial score (nSPS) is 19.8. The second-order valence-electron chi connectivity index (χ2n) is 7.45. The van der Waals surface area contributed by atoms with Crippen LogP contribution < -0.4 is 4.90 Å². The lowest BCUT2D eigenvalue weighted by molar-refractivity contribution is 0.0389. The SMILES string of the molecule is CCC12COCCN1c1nc(CC(=O)c3ccc(F)cn3)ncc1-n1c(C)nnc12. The number of hydrogen-bond donors (Lipinski definition) is 0. The summed E-state index contributed by atoms with van der Waals surface area (Å²) in [5.41, 5.74) is 0.499. The number of nitrogens with zero attached hydrogens (tertiary/aromatic N) is 7. The van der Waals surface area contributed by atoms with Gasteiger partial charge in [0.15, 0.2) is 17.4 Å². The summed E-state index contributed by atoms with van der Waals surface area (Å²) < 4.78 is 20.9. The fraction of sp³-hybridized carbons (Fsp3) is 0.400. The molecule has 0 saturated carbocycles. The van der Waals surface area contributed by atoms with Crippen molar-refractivity contribution < 1.29 is 13.9 Å². The largest absolute Gasteiger partial charge is 0.377 e. The molecule has 0 spiro atoms. The number of aryl methyl sites for hydroxylation is 1. The maximum absolute atomic E-state index is 13.1. The van der Waals surface area contributed by atoms with E-state index in [0.29, 0.717) is 25.6 Å². The Kier molecular flexibility index (Phi) is 4.31. The molecule has 1 fully saturated rings. The number of fused-ring (bicyclic) bond motifs is 6. The molecule has 2 aliphatic heterocycles. The van der Waals surface area contributed by atoms with Crippen LogP contribution in [-0.2, 0) is 16.7 Å². The van der Waals surface area contributed by atoms with Crippen molar-refractivity contribution in [3.8, 4) is 5.69 Å². The van der Waals surface area contributed by atoms with Gasteiger partial charge < -0.3 is 9.64 Å². The van der Waals surface area contributed by atoms with Crippen molar-refractivity contribution in [2.75, 3.05) is 24.7 Å². The highest BCUT2D eigenvalue weighted by atomic mass is 19.1. The number of aromatic nitrogens is 6. The fourth-order valence-electron chi connectivity index (χ4n) is 4.20. The number of anilines is 1. The molecule has 1 unspecified atom stereocenters. The number of morpholine rings is 1. The zero-order valence-electron chi connectivity index (χ0n) is 16.7. The summed E-state index contributed by atoms with van der Waals surface area (Å²) >= 11 is 0. The molecule has 3 aromatic heterocycles. The van der Waals surface area contributed by atoms with E-state index in [0.717, 1.165) is 35.8 Å². The number of carbonyl (C=O) groups excluding carboxylic acids is 1. The van der Waals surface area contributed by atoms with Crippen molar-refractivity contribution in [3.05, 3.63) is 53.5 Å². The van der Waals surface area contributed by atoms with E-state index < -0.39 is 11.4 Å². The molecule has 0 bridgehead atoms. The Morgan fingerprint density at radius 1 is 1.27 bits per heavy atom. The van der Waals surface area contributed by atoms with E-state index in [4.69, 9.17) is 9.72 Å². The van der Waals surface area contributed by atoms with E-state index >= 15 is 0 Å². The zero-order valence-corrected chi connectivity index (χ0v) is 16.7. The summed E-state index contributed by atoms with van der Waals surface area (Å²) in [6.07, 6.45) is 3.48. The second kappa shape index (κ2) is 6.91. The fourth-order valence-corrected chi connectivity index (χ4v) is 4.20. The molecule has 5 rings (SSSR count). The van der Waals surface area contributed by atoms with Crippen molar-refractivity contribution in [2.45, 2.75) is 32.2 Å². The number of Topliss-reactive ketones (excluding diaryl/α,β-unsaturated/α-hetero) is 1. The van der Waals surface area contributed by atoms with Crippen LogP contribution in [0.4, 0.5) is 10.2 Å². The van der Waals surface area contributed by atoms with Crippen LogP contribution in [0.25, 0.3) is 5.69 Å². The first-order valence-electron chi connectivity index (χ1n) is 9.82. The molecule has 1 saturated heterocycles. The summed E-state index contributed by atoms with van der Waals surface area (Å²) in [6.45, 7) is 5.69. The third-order valence-electron chi connectivity index (χ3n) is 5.77. The number of ether oxygens (including phenoxy) is 1. The van der Waals surface area contributed by atoms with Gasteiger partial charge in [-0.05, 0) is 25.5 Å². The van der Waals surface area contributed by atoms with Crippen LogP contribution in [0, 0.1) is 12.7 Å². The lowest BCUT2D eigenvalue weighted by atomic mass is 9.90. The van der Waals surface area contributed by atoms with Crippen LogP contribution >= 0.6 is 0 Å². The zero-order chi connectivity index (χ0) is 20.9.